The zero-order valence-electron chi connectivity index (χ0n) is 13.5. The van der Waals surface area contributed by atoms with Gasteiger partial charge in [-0.05, 0) is 18.4 Å². The van der Waals surface area contributed by atoms with Crippen molar-refractivity contribution in [3.8, 4) is 11.4 Å². The predicted octanol–water partition coefficient (Wildman–Crippen LogP) is 3.95. The fraction of sp³-hybridized carbons (Fsp3) is 0.471. The van der Waals surface area contributed by atoms with E-state index in [1.165, 1.54) is 6.42 Å². The third kappa shape index (κ3) is 4.37. The van der Waals surface area contributed by atoms with E-state index in [1.54, 1.807) is 24.3 Å². The molecular formula is C17H18F3N3O2. The van der Waals surface area contributed by atoms with Crippen LogP contribution in [0.5, 0.6) is 0 Å². The minimum atomic E-state index is -4.66. The molecule has 0 aliphatic heterocycles. The molecule has 1 aromatic heterocycles. The molecule has 1 aromatic carbocycles. The number of hydrogen-bond acceptors (Lipinski definition) is 4. The van der Waals surface area contributed by atoms with Crippen LogP contribution in [-0.4, -0.2) is 16.0 Å². The van der Waals surface area contributed by atoms with E-state index in [0.717, 1.165) is 31.2 Å². The van der Waals surface area contributed by atoms with Crippen LogP contribution in [0.15, 0.2) is 28.8 Å². The van der Waals surface area contributed by atoms with E-state index in [9.17, 15) is 18.0 Å². The SMILES string of the molecule is O=C(NCc1ccc(-c2noc(C(F)(F)F)n2)cc1)C1CCCCC1. The topological polar surface area (TPSA) is 68.0 Å². The molecule has 5 nitrogen and oxygen atoms in total. The molecule has 1 fully saturated rings. The van der Waals surface area contributed by atoms with E-state index in [1.807, 2.05) is 0 Å². The minimum absolute atomic E-state index is 0.0664. The van der Waals surface area contributed by atoms with Crippen molar-refractivity contribution in [3.05, 3.63) is 35.7 Å². The monoisotopic (exact) mass is 353 g/mol. The first-order valence-corrected chi connectivity index (χ1v) is 8.21. The fourth-order valence-electron chi connectivity index (χ4n) is 2.93. The Morgan fingerprint density at radius 1 is 1.16 bits per heavy atom. The van der Waals surface area contributed by atoms with Crippen molar-refractivity contribution in [2.45, 2.75) is 44.8 Å². The first-order valence-electron chi connectivity index (χ1n) is 8.21. The predicted molar refractivity (Wildman–Crippen MR) is 83.2 cm³/mol. The molecule has 0 saturated heterocycles. The van der Waals surface area contributed by atoms with Gasteiger partial charge in [-0.25, -0.2) is 0 Å². The number of nitrogens with zero attached hydrogens (tertiary/aromatic N) is 2. The Kier molecular flexibility index (Phi) is 5.06. The molecule has 0 atom stereocenters. The second kappa shape index (κ2) is 7.25. The first-order chi connectivity index (χ1) is 11.9. The average molecular weight is 353 g/mol. The molecular weight excluding hydrogens is 335 g/mol. The van der Waals surface area contributed by atoms with Gasteiger partial charge in [-0.2, -0.15) is 18.2 Å². The molecule has 1 aliphatic rings. The van der Waals surface area contributed by atoms with Gasteiger partial charge in [0.15, 0.2) is 0 Å². The molecule has 2 aromatic rings. The minimum Gasteiger partial charge on any atom is -0.352 e. The number of nitrogens with one attached hydrogen (secondary N) is 1. The number of halogens is 3. The summed E-state index contributed by atoms with van der Waals surface area (Å²) in [5.41, 5.74) is 1.27. The van der Waals surface area contributed by atoms with Gasteiger partial charge in [-0.15, -0.1) is 0 Å². The highest BCUT2D eigenvalue weighted by Crippen LogP contribution is 2.29. The Labute approximate surface area is 142 Å². The van der Waals surface area contributed by atoms with Crippen LogP contribution in [0, 0.1) is 5.92 Å². The highest BCUT2D eigenvalue weighted by molar-refractivity contribution is 5.78. The summed E-state index contributed by atoms with van der Waals surface area (Å²) >= 11 is 0. The van der Waals surface area contributed by atoms with Gasteiger partial charge in [0, 0.05) is 18.0 Å². The lowest BCUT2D eigenvalue weighted by Crippen LogP contribution is -2.31. The molecule has 1 saturated carbocycles. The van der Waals surface area contributed by atoms with Crippen molar-refractivity contribution < 1.29 is 22.5 Å². The van der Waals surface area contributed by atoms with Gasteiger partial charge in [0.05, 0.1) is 0 Å². The molecule has 3 rings (SSSR count). The maximum atomic E-state index is 12.5. The van der Waals surface area contributed by atoms with Crippen molar-refractivity contribution in [1.29, 1.82) is 0 Å². The first kappa shape index (κ1) is 17.4. The summed E-state index contributed by atoms with van der Waals surface area (Å²) in [5, 5.41) is 6.26. The van der Waals surface area contributed by atoms with Crippen LogP contribution >= 0.6 is 0 Å². The third-order valence-electron chi connectivity index (χ3n) is 4.32. The molecule has 0 unspecified atom stereocenters. The molecule has 0 spiro atoms. The zero-order valence-corrected chi connectivity index (χ0v) is 13.5. The summed E-state index contributed by atoms with van der Waals surface area (Å²) in [6.45, 7) is 0.385. The fourth-order valence-corrected chi connectivity index (χ4v) is 2.93. The normalized spacial score (nSPS) is 16.0. The van der Waals surface area contributed by atoms with Crippen molar-refractivity contribution >= 4 is 5.91 Å². The number of carbonyl (C=O) groups excluding carboxylic acids is 1. The van der Waals surface area contributed by atoms with Crippen molar-refractivity contribution in [1.82, 2.24) is 15.5 Å². The zero-order chi connectivity index (χ0) is 17.9. The van der Waals surface area contributed by atoms with E-state index < -0.39 is 12.1 Å². The van der Waals surface area contributed by atoms with Gasteiger partial charge in [-0.1, -0.05) is 48.7 Å². The second-order valence-corrected chi connectivity index (χ2v) is 6.17. The third-order valence-corrected chi connectivity index (χ3v) is 4.32. The van der Waals surface area contributed by atoms with E-state index in [2.05, 4.69) is 20.0 Å². The van der Waals surface area contributed by atoms with E-state index in [0.29, 0.717) is 12.1 Å². The molecule has 0 bridgehead atoms. The Hall–Kier alpha value is -2.38. The molecule has 1 heterocycles. The summed E-state index contributed by atoms with van der Waals surface area (Å²) < 4.78 is 41.6. The maximum Gasteiger partial charge on any atom is 0.471 e. The Balaban J connectivity index is 1.58. The maximum absolute atomic E-state index is 12.5. The van der Waals surface area contributed by atoms with Gasteiger partial charge in [0.2, 0.25) is 11.7 Å². The highest BCUT2D eigenvalue weighted by Gasteiger charge is 2.38. The summed E-state index contributed by atoms with van der Waals surface area (Å²) in [4.78, 5) is 15.5. The summed E-state index contributed by atoms with van der Waals surface area (Å²) in [6.07, 6.45) is 0.592. The summed E-state index contributed by atoms with van der Waals surface area (Å²) in [7, 11) is 0. The molecule has 1 N–H and O–H groups in total. The number of carbonyl (C=O) groups is 1. The van der Waals surface area contributed by atoms with Gasteiger partial charge in [0.1, 0.15) is 0 Å². The molecule has 1 amide bonds. The van der Waals surface area contributed by atoms with Crippen LogP contribution in [0.1, 0.15) is 43.6 Å². The number of rotatable bonds is 4. The summed E-state index contributed by atoms with van der Waals surface area (Å²) in [6, 6.07) is 6.65. The number of alkyl halides is 3. The highest BCUT2D eigenvalue weighted by atomic mass is 19.4. The van der Waals surface area contributed by atoms with E-state index in [4.69, 9.17) is 0 Å². The van der Waals surface area contributed by atoms with Gasteiger partial charge in [0.25, 0.3) is 0 Å². The molecule has 134 valence electrons. The van der Waals surface area contributed by atoms with Crippen LogP contribution in [-0.2, 0) is 17.5 Å². The van der Waals surface area contributed by atoms with Crippen LogP contribution in [0.3, 0.4) is 0 Å². The van der Waals surface area contributed by atoms with Crippen molar-refractivity contribution in [2.75, 3.05) is 0 Å². The quantitative estimate of drug-likeness (QED) is 0.904. The largest absolute Gasteiger partial charge is 0.471 e. The molecule has 8 heteroatoms. The average Bonchev–Trinajstić information content (AvgIpc) is 3.11. The van der Waals surface area contributed by atoms with Gasteiger partial charge >= 0.3 is 12.1 Å². The Morgan fingerprint density at radius 3 is 2.44 bits per heavy atom. The Bertz CT molecular complexity index is 719. The van der Waals surface area contributed by atoms with Crippen LogP contribution < -0.4 is 5.32 Å². The lowest BCUT2D eigenvalue weighted by atomic mass is 9.88. The Morgan fingerprint density at radius 2 is 1.84 bits per heavy atom. The number of amides is 1. The summed E-state index contributed by atoms with van der Waals surface area (Å²) in [5.74, 6) is -1.33. The molecule has 1 aliphatic carbocycles. The smallest absolute Gasteiger partial charge is 0.352 e. The van der Waals surface area contributed by atoms with Gasteiger partial charge in [-0.3, -0.25) is 4.79 Å². The lowest BCUT2D eigenvalue weighted by molar-refractivity contribution is -0.159. The van der Waals surface area contributed by atoms with Gasteiger partial charge < -0.3 is 9.84 Å². The number of benzene rings is 1. The number of aromatic nitrogens is 2. The van der Waals surface area contributed by atoms with E-state index >= 15 is 0 Å². The van der Waals surface area contributed by atoms with Crippen molar-refractivity contribution in [2.24, 2.45) is 5.92 Å². The second-order valence-electron chi connectivity index (χ2n) is 6.17. The van der Waals surface area contributed by atoms with E-state index in [-0.39, 0.29) is 17.6 Å². The lowest BCUT2D eigenvalue weighted by Gasteiger charge is -2.20. The van der Waals surface area contributed by atoms with Crippen LogP contribution in [0.2, 0.25) is 0 Å². The molecule has 25 heavy (non-hydrogen) atoms. The van der Waals surface area contributed by atoms with Crippen LogP contribution in [0.25, 0.3) is 11.4 Å². The van der Waals surface area contributed by atoms with Crippen molar-refractivity contribution in [3.63, 3.8) is 0 Å². The van der Waals surface area contributed by atoms with Crippen LogP contribution in [0.4, 0.5) is 13.2 Å². The number of hydrogen-bond donors (Lipinski definition) is 1. The molecule has 0 radical (unpaired) electrons. The standard InChI is InChI=1S/C17H18F3N3O2/c18-17(19,20)16-22-14(23-25-16)12-8-6-11(7-9-12)10-21-15(24)13-4-2-1-3-5-13/h6-9,13H,1-5,10H2,(H,21,24).